The fourth-order valence-electron chi connectivity index (χ4n) is 4.30. The van der Waals surface area contributed by atoms with Crippen molar-refractivity contribution in [1.82, 2.24) is 9.88 Å². The SMILES string of the molecule is Cc1c(C(=O)NC(c2cccc(F)c2)C2CCC2)c(C(F)(F)F)cc(=O)n1-c1ccccc1. The summed E-state index contributed by atoms with van der Waals surface area (Å²) in [6.45, 7) is 1.32. The Bertz CT molecular complexity index is 1230. The van der Waals surface area contributed by atoms with Gasteiger partial charge >= 0.3 is 6.18 Å². The summed E-state index contributed by atoms with van der Waals surface area (Å²) in [5.74, 6) is -1.45. The highest BCUT2D eigenvalue weighted by Crippen LogP contribution is 2.39. The molecule has 3 aromatic rings. The lowest BCUT2D eigenvalue weighted by Crippen LogP contribution is -2.39. The van der Waals surface area contributed by atoms with E-state index in [0.717, 1.165) is 23.8 Å². The third-order valence-electron chi connectivity index (χ3n) is 6.12. The highest BCUT2D eigenvalue weighted by molar-refractivity contribution is 5.97. The monoisotopic (exact) mass is 458 g/mol. The minimum atomic E-state index is -4.91. The van der Waals surface area contributed by atoms with E-state index in [2.05, 4.69) is 5.32 Å². The maximum Gasteiger partial charge on any atom is 0.417 e. The molecule has 172 valence electrons. The summed E-state index contributed by atoms with van der Waals surface area (Å²) in [7, 11) is 0. The van der Waals surface area contributed by atoms with Crippen LogP contribution in [0.3, 0.4) is 0 Å². The van der Waals surface area contributed by atoms with Crippen LogP contribution in [-0.4, -0.2) is 10.5 Å². The molecule has 0 spiro atoms. The number of hydrogen-bond acceptors (Lipinski definition) is 2. The standard InChI is InChI=1S/C25H22F4N2O2/c1-15-22(20(25(27,28)29)14-21(32)31(15)19-11-3-2-4-12-19)24(33)30-23(16-7-5-8-16)17-9-6-10-18(26)13-17/h2-4,6,9-14,16,23H,5,7-8H2,1H3,(H,30,33). The average molecular weight is 458 g/mol. The lowest BCUT2D eigenvalue weighted by atomic mass is 9.77. The number of carbonyl (C=O) groups excluding carboxylic acids is 1. The van der Waals surface area contributed by atoms with Gasteiger partial charge in [0.2, 0.25) is 0 Å². The third-order valence-corrected chi connectivity index (χ3v) is 6.12. The van der Waals surface area contributed by atoms with Gasteiger partial charge in [0.05, 0.1) is 17.2 Å². The van der Waals surface area contributed by atoms with Gasteiger partial charge in [-0.3, -0.25) is 14.2 Å². The lowest BCUT2D eigenvalue weighted by Gasteiger charge is -2.35. The number of benzene rings is 2. The summed E-state index contributed by atoms with van der Waals surface area (Å²) in [6.07, 6.45) is -2.43. The second-order valence-electron chi connectivity index (χ2n) is 8.22. The van der Waals surface area contributed by atoms with Crippen LogP contribution in [0.1, 0.15) is 52.5 Å². The Morgan fingerprint density at radius 1 is 1.06 bits per heavy atom. The molecule has 1 N–H and O–H groups in total. The number of nitrogens with one attached hydrogen (secondary N) is 1. The van der Waals surface area contributed by atoms with Crippen LogP contribution in [0.5, 0.6) is 0 Å². The van der Waals surface area contributed by atoms with Gasteiger partial charge < -0.3 is 5.32 Å². The van der Waals surface area contributed by atoms with Gasteiger partial charge in [-0.15, -0.1) is 0 Å². The zero-order chi connectivity index (χ0) is 23.8. The van der Waals surface area contributed by atoms with Crippen molar-refractivity contribution in [1.29, 1.82) is 0 Å². The Balaban J connectivity index is 1.82. The maximum absolute atomic E-state index is 13.9. The van der Waals surface area contributed by atoms with Crippen molar-refractivity contribution in [2.45, 2.75) is 38.4 Å². The quantitative estimate of drug-likeness (QED) is 0.508. The molecular formula is C25H22F4N2O2. The molecule has 1 atom stereocenters. The van der Waals surface area contributed by atoms with Gasteiger partial charge in [-0.2, -0.15) is 13.2 Å². The summed E-state index contributed by atoms with van der Waals surface area (Å²) < 4.78 is 56.6. The average Bonchev–Trinajstić information content (AvgIpc) is 2.71. The molecule has 0 bridgehead atoms. The number of alkyl halides is 3. The van der Waals surface area contributed by atoms with Crippen molar-refractivity contribution in [3.63, 3.8) is 0 Å². The molecule has 2 aromatic carbocycles. The van der Waals surface area contributed by atoms with Crippen LogP contribution < -0.4 is 10.9 Å². The number of carbonyl (C=O) groups is 1. The van der Waals surface area contributed by atoms with E-state index in [-0.39, 0.29) is 11.6 Å². The normalized spacial score (nSPS) is 15.1. The first-order chi connectivity index (χ1) is 15.7. The maximum atomic E-state index is 13.9. The number of hydrogen-bond donors (Lipinski definition) is 1. The highest BCUT2D eigenvalue weighted by Gasteiger charge is 2.39. The number of pyridine rings is 1. The zero-order valence-electron chi connectivity index (χ0n) is 17.8. The summed E-state index contributed by atoms with van der Waals surface area (Å²) in [5.41, 5.74) is -2.07. The molecule has 1 unspecified atom stereocenters. The number of halogens is 4. The number of nitrogens with zero attached hydrogens (tertiary/aromatic N) is 1. The Labute approximate surface area is 187 Å². The molecular weight excluding hydrogens is 436 g/mol. The van der Waals surface area contributed by atoms with Crippen LogP contribution in [0.2, 0.25) is 0 Å². The van der Waals surface area contributed by atoms with Gasteiger partial charge in [0.1, 0.15) is 5.82 Å². The summed E-state index contributed by atoms with van der Waals surface area (Å²) in [5, 5.41) is 2.71. The van der Waals surface area contributed by atoms with E-state index in [0.29, 0.717) is 17.3 Å². The van der Waals surface area contributed by atoms with Crippen molar-refractivity contribution >= 4 is 5.91 Å². The Morgan fingerprint density at radius 3 is 2.33 bits per heavy atom. The molecule has 4 nitrogen and oxygen atoms in total. The van der Waals surface area contributed by atoms with Crippen molar-refractivity contribution in [3.05, 3.63) is 99.2 Å². The molecule has 0 aliphatic heterocycles. The fourth-order valence-corrected chi connectivity index (χ4v) is 4.30. The van der Waals surface area contributed by atoms with E-state index in [4.69, 9.17) is 0 Å². The van der Waals surface area contributed by atoms with Gasteiger partial charge in [0, 0.05) is 17.4 Å². The second kappa shape index (κ2) is 8.84. The van der Waals surface area contributed by atoms with Crippen LogP contribution in [0, 0.1) is 18.7 Å². The molecule has 8 heteroatoms. The summed E-state index contributed by atoms with van der Waals surface area (Å²) in [6, 6.07) is 13.7. The first-order valence-electron chi connectivity index (χ1n) is 10.6. The minimum absolute atomic E-state index is 0.00887. The molecule has 1 aliphatic rings. The molecule has 33 heavy (non-hydrogen) atoms. The highest BCUT2D eigenvalue weighted by atomic mass is 19.4. The molecule has 1 amide bonds. The number of amides is 1. The molecule has 0 radical (unpaired) electrons. The minimum Gasteiger partial charge on any atom is -0.345 e. The van der Waals surface area contributed by atoms with Crippen molar-refractivity contribution in [3.8, 4) is 5.69 Å². The van der Waals surface area contributed by atoms with Crippen LogP contribution in [0.15, 0.2) is 65.5 Å². The predicted octanol–water partition coefficient (Wildman–Crippen LogP) is 5.58. The van der Waals surface area contributed by atoms with Crippen molar-refractivity contribution in [2.75, 3.05) is 0 Å². The van der Waals surface area contributed by atoms with Gasteiger partial charge in [0.25, 0.3) is 11.5 Å². The van der Waals surface area contributed by atoms with Gasteiger partial charge in [-0.1, -0.05) is 36.8 Å². The molecule has 1 saturated carbocycles. The molecule has 0 saturated heterocycles. The van der Waals surface area contributed by atoms with E-state index in [1.54, 1.807) is 36.4 Å². The molecule has 1 aromatic heterocycles. The smallest absolute Gasteiger partial charge is 0.345 e. The zero-order valence-corrected chi connectivity index (χ0v) is 17.8. The molecule has 1 heterocycles. The van der Waals surface area contributed by atoms with E-state index in [1.807, 2.05) is 0 Å². The fraction of sp³-hybridized carbons (Fsp3) is 0.280. The van der Waals surface area contributed by atoms with Crippen LogP contribution in [0.25, 0.3) is 5.69 Å². The number of rotatable bonds is 5. The Hall–Kier alpha value is -3.42. The van der Waals surface area contributed by atoms with Crippen molar-refractivity contribution < 1.29 is 22.4 Å². The van der Waals surface area contributed by atoms with E-state index < -0.39 is 40.6 Å². The van der Waals surface area contributed by atoms with Gasteiger partial charge in [-0.05, 0) is 55.5 Å². The third kappa shape index (κ3) is 4.55. The van der Waals surface area contributed by atoms with E-state index in [9.17, 15) is 27.2 Å². The molecule has 1 fully saturated rings. The van der Waals surface area contributed by atoms with Crippen LogP contribution in [-0.2, 0) is 6.18 Å². The first kappa shape index (κ1) is 22.8. The largest absolute Gasteiger partial charge is 0.417 e. The summed E-state index contributed by atoms with van der Waals surface area (Å²) >= 11 is 0. The molecule has 4 rings (SSSR count). The number of para-hydroxylation sites is 1. The topological polar surface area (TPSA) is 51.1 Å². The predicted molar refractivity (Wildman–Crippen MR) is 116 cm³/mol. The summed E-state index contributed by atoms with van der Waals surface area (Å²) in [4.78, 5) is 25.9. The lowest BCUT2D eigenvalue weighted by molar-refractivity contribution is -0.138. The van der Waals surface area contributed by atoms with Crippen molar-refractivity contribution in [2.24, 2.45) is 5.92 Å². The van der Waals surface area contributed by atoms with Gasteiger partial charge in [-0.25, -0.2) is 4.39 Å². The van der Waals surface area contributed by atoms with E-state index >= 15 is 0 Å². The van der Waals surface area contributed by atoms with E-state index in [1.165, 1.54) is 25.1 Å². The number of aromatic nitrogens is 1. The Morgan fingerprint density at radius 2 is 1.76 bits per heavy atom. The van der Waals surface area contributed by atoms with Crippen LogP contribution >= 0.6 is 0 Å². The first-order valence-corrected chi connectivity index (χ1v) is 10.6. The second-order valence-corrected chi connectivity index (χ2v) is 8.22. The van der Waals surface area contributed by atoms with Crippen LogP contribution in [0.4, 0.5) is 17.6 Å². The molecule has 1 aliphatic carbocycles. The van der Waals surface area contributed by atoms with Gasteiger partial charge in [0.15, 0.2) is 0 Å². The Kier molecular flexibility index (Phi) is 6.10.